The van der Waals surface area contributed by atoms with Crippen LogP contribution < -0.4 is 10.1 Å². The number of aromatic nitrogens is 2. The van der Waals surface area contributed by atoms with E-state index in [4.69, 9.17) is 4.74 Å². The molecule has 0 atom stereocenters. The van der Waals surface area contributed by atoms with Gasteiger partial charge in [-0.2, -0.15) is 5.10 Å². The molecule has 3 rings (SSSR count). The second-order valence-corrected chi connectivity index (χ2v) is 4.77. The number of nitrogens with one attached hydrogen (secondary N) is 2. The molecule has 3 aromatic rings. The predicted octanol–water partition coefficient (Wildman–Crippen LogP) is 3.76. The highest BCUT2D eigenvalue weighted by molar-refractivity contribution is 6.05. The van der Waals surface area contributed by atoms with Crippen molar-refractivity contribution in [3.63, 3.8) is 0 Å². The van der Waals surface area contributed by atoms with Crippen molar-refractivity contribution in [2.75, 3.05) is 5.32 Å². The van der Waals surface area contributed by atoms with Crippen LogP contribution in [0.4, 0.5) is 5.69 Å². The summed E-state index contributed by atoms with van der Waals surface area (Å²) in [4.78, 5) is 12.3. The molecule has 0 aliphatic rings. The normalized spacial score (nSPS) is 10.2. The van der Waals surface area contributed by atoms with Crippen LogP contribution in [0.3, 0.4) is 0 Å². The number of H-pyrrole nitrogens is 1. The summed E-state index contributed by atoms with van der Waals surface area (Å²) in [7, 11) is 0. The van der Waals surface area contributed by atoms with Gasteiger partial charge in [0.2, 0.25) is 0 Å². The first-order chi connectivity index (χ1) is 10.7. The van der Waals surface area contributed by atoms with Crippen LogP contribution in [0.5, 0.6) is 11.5 Å². The van der Waals surface area contributed by atoms with Crippen molar-refractivity contribution in [1.29, 1.82) is 0 Å². The second-order valence-electron chi connectivity index (χ2n) is 4.77. The van der Waals surface area contributed by atoms with Crippen LogP contribution in [0.15, 0.2) is 60.8 Å². The monoisotopic (exact) mass is 293 g/mol. The Balaban J connectivity index is 1.83. The van der Waals surface area contributed by atoms with E-state index in [0.717, 1.165) is 5.69 Å². The van der Waals surface area contributed by atoms with Gasteiger partial charge in [-0.3, -0.25) is 9.89 Å². The topological polar surface area (TPSA) is 67.0 Å². The molecule has 22 heavy (non-hydrogen) atoms. The summed E-state index contributed by atoms with van der Waals surface area (Å²) in [5.41, 5.74) is 1.84. The summed E-state index contributed by atoms with van der Waals surface area (Å²) in [6, 6.07) is 16.7. The molecular weight excluding hydrogens is 278 g/mol. The molecule has 1 heterocycles. The molecule has 0 fully saturated rings. The zero-order valence-electron chi connectivity index (χ0n) is 12.0. The van der Waals surface area contributed by atoms with Crippen molar-refractivity contribution in [3.8, 4) is 11.5 Å². The van der Waals surface area contributed by atoms with Gasteiger partial charge in [-0.25, -0.2) is 0 Å². The summed E-state index contributed by atoms with van der Waals surface area (Å²) in [5, 5.41) is 9.46. The zero-order valence-corrected chi connectivity index (χ0v) is 12.0. The Morgan fingerprint density at radius 1 is 1.09 bits per heavy atom. The van der Waals surface area contributed by atoms with E-state index in [1.54, 1.807) is 13.0 Å². The van der Waals surface area contributed by atoms with Gasteiger partial charge in [-0.15, -0.1) is 0 Å². The number of amides is 1. The second kappa shape index (κ2) is 6.13. The minimum atomic E-state index is -0.227. The first kappa shape index (κ1) is 13.9. The molecule has 0 aliphatic heterocycles. The number of anilines is 1. The van der Waals surface area contributed by atoms with Gasteiger partial charge in [0.05, 0.1) is 17.4 Å². The lowest BCUT2D eigenvalue weighted by atomic mass is 10.2. The Kier molecular flexibility index (Phi) is 3.87. The average molecular weight is 293 g/mol. The first-order valence-corrected chi connectivity index (χ1v) is 6.87. The number of rotatable bonds is 4. The van der Waals surface area contributed by atoms with Crippen molar-refractivity contribution in [1.82, 2.24) is 10.2 Å². The molecule has 0 saturated carbocycles. The van der Waals surface area contributed by atoms with Gasteiger partial charge in [0.1, 0.15) is 5.75 Å². The molecule has 1 amide bonds. The standard InChI is InChI=1S/C17H15N3O2/c1-12-14(11-18-20-12)17(21)19-15-9-5-6-10-16(15)22-13-7-3-2-4-8-13/h2-11H,1H3,(H,18,20)(H,19,21). The molecule has 0 unspecified atom stereocenters. The smallest absolute Gasteiger partial charge is 0.259 e. The largest absolute Gasteiger partial charge is 0.455 e. The van der Waals surface area contributed by atoms with Crippen LogP contribution in [0.25, 0.3) is 0 Å². The number of aryl methyl sites for hydroxylation is 1. The molecule has 1 aromatic heterocycles. The third-order valence-corrected chi connectivity index (χ3v) is 3.18. The van der Waals surface area contributed by atoms with Crippen molar-refractivity contribution < 1.29 is 9.53 Å². The first-order valence-electron chi connectivity index (χ1n) is 6.87. The Morgan fingerprint density at radius 3 is 2.55 bits per heavy atom. The molecule has 110 valence electrons. The quantitative estimate of drug-likeness (QED) is 0.769. The van der Waals surface area contributed by atoms with E-state index in [1.807, 2.05) is 48.5 Å². The van der Waals surface area contributed by atoms with Gasteiger partial charge in [-0.1, -0.05) is 30.3 Å². The van der Waals surface area contributed by atoms with E-state index in [2.05, 4.69) is 15.5 Å². The predicted molar refractivity (Wildman–Crippen MR) is 84.2 cm³/mol. The minimum Gasteiger partial charge on any atom is -0.455 e. The van der Waals surface area contributed by atoms with Gasteiger partial charge < -0.3 is 10.1 Å². The molecule has 0 spiro atoms. The molecule has 0 radical (unpaired) electrons. The van der Waals surface area contributed by atoms with E-state index in [9.17, 15) is 4.79 Å². The summed E-state index contributed by atoms with van der Waals surface area (Å²) in [6.07, 6.45) is 1.51. The van der Waals surface area contributed by atoms with Gasteiger partial charge in [0.25, 0.3) is 5.91 Å². The van der Waals surface area contributed by atoms with Crippen molar-refractivity contribution >= 4 is 11.6 Å². The highest BCUT2D eigenvalue weighted by Crippen LogP contribution is 2.29. The molecular formula is C17H15N3O2. The van der Waals surface area contributed by atoms with E-state index in [0.29, 0.717) is 22.7 Å². The van der Waals surface area contributed by atoms with Crippen LogP contribution in [-0.2, 0) is 0 Å². The number of nitrogens with zero attached hydrogens (tertiary/aromatic N) is 1. The maximum atomic E-state index is 12.3. The minimum absolute atomic E-state index is 0.227. The number of benzene rings is 2. The third kappa shape index (κ3) is 2.98. The van der Waals surface area contributed by atoms with Crippen LogP contribution in [0, 0.1) is 6.92 Å². The maximum Gasteiger partial charge on any atom is 0.259 e. The molecule has 0 bridgehead atoms. The van der Waals surface area contributed by atoms with Crippen molar-refractivity contribution in [2.24, 2.45) is 0 Å². The van der Waals surface area contributed by atoms with E-state index in [-0.39, 0.29) is 5.91 Å². The fraction of sp³-hybridized carbons (Fsp3) is 0.0588. The molecule has 0 saturated heterocycles. The number of aromatic amines is 1. The third-order valence-electron chi connectivity index (χ3n) is 3.18. The van der Waals surface area contributed by atoms with Gasteiger partial charge in [0, 0.05) is 5.69 Å². The van der Waals surface area contributed by atoms with Crippen molar-refractivity contribution in [2.45, 2.75) is 6.92 Å². The highest BCUT2D eigenvalue weighted by atomic mass is 16.5. The lowest BCUT2D eigenvalue weighted by Crippen LogP contribution is -2.12. The Hall–Kier alpha value is -3.08. The van der Waals surface area contributed by atoms with Gasteiger partial charge >= 0.3 is 0 Å². The number of para-hydroxylation sites is 3. The van der Waals surface area contributed by atoms with E-state index >= 15 is 0 Å². The molecule has 2 aromatic carbocycles. The Labute approximate surface area is 127 Å². The van der Waals surface area contributed by atoms with Gasteiger partial charge in [-0.05, 0) is 31.2 Å². The summed E-state index contributed by atoms with van der Waals surface area (Å²) in [5.74, 6) is 1.07. The van der Waals surface area contributed by atoms with E-state index < -0.39 is 0 Å². The maximum absolute atomic E-state index is 12.3. The van der Waals surface area contributed by atoms with Crippen LogP contribution in [-0.4, -0.2) is 16.1 Å². The van der Waals surface area contributed by atoms with E-state index in [1.165, 1.54) is 6.20 Å². The molecule has 5 nitrogen and oxygen atoms in total. The Morgan fingerprint density at radius 2 is 1.82 bits per heavy atom. The van der Waals surface area contributed by atoms with Crippen LogP contribution >= 0.6 is 0 Å². The fourth-order valence-corrected chi connectivity index (χ4v) is 2.04. The Bertz CT molecular complexity index is 781. The average Bonchev–Trinajstić information content (AvgIpc) is 2.96. The lowest BCUT2D eigenvalue weighted by molar-refractivity contribution is 0.102. The number of ether oxygens (including phenoxy) is 1. The summed E-state index contributed by atoms with van der Waals surface area (Å²) < 4.78 is 5.82. The number of carbonyl (C=O) groups is 1. The fourth-order valence-electron chi connectivity index (χ4n) is 2.04. The van der Waals surface area contributed by atoms with Crippen LogP contribution in [0.1, 0.15) is 16.1 Å². The summed E-state index contributed by atoms with van der Waals surface area (Å²) in [6.45, 7) is 1.80. The lowest BCUT2D eigenvalue weighted by Gasteiger charge is -2.12. The zero-order chi connectivity index (χ0) is 15.4. The van der Waals surface area contributed by atoms with Crippen molar-refractivity contribution in [3.05, 3.63) is 72.1 Å². The SMILES string of the molecule is Cc1[nH]ncc1C(=O)Nc1ccccc1Oc1ccccc1. The number of carbonyl (C=O) groups excluding carboxylic acids is 1. The highest BCUT2D eigenvalue weighted by Gasteiger charge is 2.13. The number of hydrogen-bond acceptors (Lipinski definition) is 3. The summed E-state index contributed by atoms with van der Waals surface area (Å²) >= 11 is 0. The molecule has 2 N–H and O–H groups in total. The van der Waals surface area contributed by atoms with Crippen LogP contribution in [0.2, 0.25) is 0 Å². The molecule has 5 heteroatoms. The molecule has 0 aliphatic carbocycles. The van der Waals surface area contributed by atoms with Gasteiger partial charge in [0.15, 0.2) is 5.75 Å². The number of hydrogen-bond donors (Lipinski definition) is 2.